The van der Waals surface area contributed by atoms with E-state index in [1.165, 1.54) is 23.7 Å². The second-order valence-electron chi connectivity index (χ2n) is 9.51. The predicted molar refractivity (Wildman–Crippen MR) is 131 cm³/mol. The Kier molecular flexibility index (Phi) is 5.11. The highest BCUT2D eigenvalue weighted by Crippen LogP contribution is 2.47. The van der Waals surface area contributed by atoms with Gasteiger partial charge in [0.15, 0.2) is 0 Å². The molecule has 1 aliphatic heterocycles. The summed E-state index contributed by atoms with van der Waals surface area (Å²) in [6.45, 7) is 6.23. The van der Waals surface area contributed by atoms with Crippen molar-refractivity contribution in [1.29, 1.82) is 0 Å². The Labute approximate surface area is 200 Å². The number of hydrogen-bond donors (Lipinski definition) is 0. The van der Waals surface area contributed by atoms with Crippen LogP contribution in [0.1, 0.15) is 36.8 Å². The third kappa shape index (κ3) is 3.11. The average Bonchev–Trinajstić information content (AvgIpc) is 3.15. The molecule has 0 amide bonds. The first-order chi connectivity index (χ1) is 16.0. The molecule has 4 aromatic rings. The number of aryl methyl sites for hydroxylation is 2. The molecule has 0 spiro atoms. The number of nitrogens with zero attached hydrogens (tertiary/aromatic N) is 3. The molecule has 1 aliphatic rings. The number of fused-ring (bicyclic) bond motifs is 3. The Hall–Kier alpha value is -3.16. The molecule has 0 N–H and O–H groups in total. The predicted octanol–water partition coefficient (Wildman–Crippen LogP) is 4.66. The number of ether oxygens (including phenoxy) is 1. The maximum absolute atomic E-state index is 15.1. The van der Waals surface area contributed by atoms with Gasteiger partial charge in [0, 0.05) is 24.7 Å². The molecule has 5 rings (SSSR count). The van der Waals surface area contributed by atoms with E-state index in [2.05, 4.69) is 0 Å². The fourth-order valence-corrected chi connectivity index (χ4v) is 5.31. The van der Waals surface area contributed by atoms with Gasteiger partial charge < -0.3 is 9.30 Å². The third-order valence-electron chi connectivity index (χ3n) is 6.62. The summed E-state index contributed by atoms with van der Waals surface area (Å²) in [7, 11) is 3.08. The van der Waals surface area contributed by atoms with Gasteiger partial charge in [-0.1, -0.05) is 41.4 Å². The van der Waals surface area contributed by atoms with E-state index < -0.39 is 28.7 Å². The summed E-state index contributed by atoms with van der Waals surface area (Å²) in [5.41, 5.74) is 2.20. The summed E-state index contributed by atoms with van der Waals surface area (Å²) in [6.07, 6.45) is -0.902. The summed E-state index contributed by atoms with van der Waals surface area (Å²) in [5.74, 6) is -0.510. The molecule has 0 saturated carbocycles. The lowest BCUT2D eigenvalue weighted by Crippen LogP contribution is -2.40. The van der Waals surface area contributed by atoms with E-state index in [1.54, 1.807) is 13.1 Å². The largest absolute Gasteiger partial charge is 0.365 e. The molecule has 8 heteroatoms. The molecule has 0 bridgehead atoms. The first-order valence-electron chi connectivity index (χ1n) is 11.0. The van der Waals surface area contributed by atoms with Crippen molar-refractivity contribution in [3.63, 3.8) is 0 Å². The average molecular weight is 482 g/mol. The van der Waals surface area contributed by atoms with Crippen molar-refractivity contribution >= 4 is 22.5 Å². The maximum atomic E-state index is 15.1. The number of aromatic nitrogens is 3. The van der Waals surface area contributed by atoms with Crippen LogP contribution in [0.25, 0.3) is 22.2 Å². The van der Waals surface area contributed by atoms with E-state index >= 15 is 4.39 Å². The molecule has 1 atom stereocenters. The molecule has 0 aliphatic carbocycles. The van der Waals surface area contributed by atoms with Crippen molar-refractivity contribution in [2.75, 3.05) is 6.61 Å². The molecule has 176 valence electrons. The third-order valence-corrected chi connectivity index (χ3v) is 6.95. The maximum Gasteiger partial charge on any atom is 0.331 e. The van der Waals surface area contributed by atoms with Gasteiger partial charge in [-0.2, -0.15) is 0 Å². The first-order valence-corrected chi connectivity index (χ1v) is 11.4. The fraction of sp³-hybridized carbons (Fsp3) is 0.308. The van der Waals surface area contributed by atoms with Crippen molar-refractivity contribution < 1.29 is 9.13 Å². The van der Waals surface area contributed by atoms with Crippen molar-refractivity contribution in [2.24, 2.45) is 14.1 Å². The first kappa shape index (κ1) is 22.6. The molecule has 2 aromatic heterocycles. The minimum atomic E-state index is -0.902. The molecule has 0 saturated heterocycles. The number of rotatable bonds is 2. The van der Waals surface area contributed by atoms with Gasteiger partial charge in [0.05, 0.1) is 34.4 Å². The van der Waals surface area contributed by atoms with E-state index in [0.29, 0.717) is 22.3 Å². The summed E-state index contributed by atoms with van der Waals surface area (Å²) in [6, 6.07) is 12.3. The molecule has 3 heterocycles. The van der Waals surface area contributed by atoms with E-state index in [1.807, 2.05) is 49.6 Å². The fourth-order valence-electron chi connectivity index (χ4n) is 5.04. The van der Waals surface area contributed by atoms with Crippen LogP contribution in [0, 0.1) is 12.7 Å². The van der Waals surface area contributed by atoms with Crippen LogP contribution in [-0.4, -0.2) is 20.3 Å². The highest BCUT2D eigenvalue weighted by Gasteiger charge is 2.42. The normalized spacial score (nSPS) is 17.2. The topological polar surface area (TPSA) is 58.2 Å². The van der Waals surface area contributed by atoms with Crippen molar-refractivity contribution in [2.45, 2.75) is 32.4 Å². The highest BCUT2D eigenvalue weighted by molar-refractivity contribution is 6.31. The van der Waals surface area contributed by atoms with E-state index in [-0.39, 0.29) is 17.2 Å². The highest BCUT2D eigenvalue weighted by atomic mass is 35.5. The van der Waals surface area contributed by atoms with Crippen LogP contribution in [0.15, 0.2) is 52.1 Å². The van der Waals surface area contributed by atoms with Gasteiger partial charge >= 0.3 is 5.69 Å². The van der Waals surface area contributed by atoms with Gasteiger partial charge in [-0.15, -0.1) is 0 Å². The van der Waals surface area contributed by atoms with Crippen molar-refractivity contribution in [3.8, 4) is 11.3 Å². The Morgan fingerprint density at radius 1 is 1.09 bits per heavy atom. The molecular formula is C26H25ClFN3O3. The van der Waals surface area contributed by atoms with Gasteiger partial charge in [-0.25, -0.2) is 9.18 Å². The van der Waals surface area contributed by atoms with Crippen molar-refractivity contribution in [1.82, 2.24) is 13.7 Å². The van der Waals surface area contributed by atoms with Crippen molar-refractivity contribution in [3.05, 3.63) is 91.0 Å². The molecule has 0 radical (unpaired) electrons. The van der Waals surface area contributed by atoms with Crippen LogP contribution in [0.3, 0.4) is 0 Å². The summed E-state index contributed by atoms with van der Waals surface area (Å²) < 4.78 is 25.9. The zero-order valence-corrected chi connectivity index (χ0v) is 20.4. The zero-order chi connectivity index (χ0) is 24.5. The minimum Gasteiger partial charge on any atom is -0.365 e. The van der Waals surface area contributed by atoms with Crippen LogP contribution in [0.5, 0.6) is 0 Å². The lowest BCUT2D eigenvalue weighted by Gasteiger charge is -2.39. The zero-order valence-electron chi connectivity index (χ0n) is 19.6. The van der Waals surface area contributed by atoms with E-state index in [4.69, 9.17) is 16.3 Å². The number of benzene rings is 2. The lowest BCUT2D eigenvalue weighted by molar-refractivity contribution is -0.00851. The second-order valence-corrected chi connectivity index (χ2v) is 9.91. The Balaban J connectivity index is 2.05. The van der Waals surface area contributed by atoms with Crippen LogP contribution >= 0.6 is 11.6 Å². The molecule has 0 fully saturated rings. The molecule has 6 nitrogen and oxygen atoms in total. The quantitative estimate of drug-likeness (QED) is 0.418. The monoisotopic (exact) mass is 481 g/mol. The lowest BCUT2D eigenvalue weighted by atomic mass is 9.97. The summed E-state index contributed by atoms with van der Waals surface area (Å²) in [4.78, 5) is 26.6. The number of hydrogen-bond acceptors (Lipinski definition) is 3. The standard InChI is InChI=1S/C26H25ClFN3O3/c1-14-8-6-9-15(12-14)20-19-21(29(4)25(33)30(5)24(19)32)22-23(34-13-26(2,3)31(20)22)18-16(27)10-7-11-17(18)28/h6-12,23H,13H2,1-5H3. The molecule has 2 aromatic carbocycles. The minimum absolute atomic E-state index is 0.184. The van der Waals surface area contributed by atoms with Gasteiger partial charge in [0.1, 0.15) is 11.9 Å². The summed E-state index contributed by atoms with van der Waals surface area (Å²) >= 11 is 6.46. The van der Waals surface area contributed by atoms with E-state index in [9.17, 15) is 9.59 Å². The molecule has 1 unspecified atom stereocenters. The number of halogens is 2. The molecule has 34 heavy (non-hydrogen) atoms. The van der Waals surface area contributed by atoms with Gasteiger partial charge in [-0.05, 0) is 44.5 Å². The van der Waals surface area contributed by atoms with Crippen LogP contribution in [0.4, 0.5) is 4.39 Å². The van der Waals surface area contributed by atoms with Crippen LogP contribution < -0.4 is 11.2 Å². The van der Waals surface area contributed by atoms with Gasteiger partial charge in [-0.3, -0.25) is 13.9 Å². The van der Waals surface area contributed by atoms with Crippen LogP contribution in [0.2, 0.25) is 5.02 Å². The SMILES string of the molecule is Cc1cccc(-c2c3c(=O)n(C)c(=O)n(C)c3c3n2C(C)(C)COC3c2c(F)cccc2Cl)c1. The van der Waals surface area contributed by atoms with Crippen LogP contribution in [-0.2, 0) is 24.4 Å². The molecular weight excluding hydrogens is 457 g/mol. The van der Waals surface area contributed by atoms with Gasteiger partial charge in [0.2, 0.25) is 0 Å². The smallest absolute Gasteiger partial charge is 0.331 e. The van der Waals surface area contributed by atoms with E-state index in [0.717, 1.165) is 15.7 Å². The Bertz CT molecular complexity index is 1580. The summed E-state index contributed by atoms with van der Waals surface area (Å²) in [5, 5.41) is 0.609. The Morgan fingerprint density at radius 2 is 1.79 bits per heavy atom. The second kappa shape index (κ2) is 7.68. The van der Waals surface area contributed by atoms with Gasteiger partial charge in [0.25, 0.3) is 5.56 Å². The Morgan fingerprint density at radius 3 is 2.47 bits per heavy atom.